The summed E-state index contributed by atoms with van der Waals surface area (Å²) in [5.74, 6) is 1.25. The van der Waals surface area contributed by atoms with E-state index < -0.39 is 0 Å². The molecule has 2 N–H and O–H groups in total. The summed E-state index contributed by atoms with van der Waals surface area (Å²) in [6.07, 6.45) is 0.949. The Morgan fingerprint density at radius 3 is 2.72 bits per heavy atom. The number of benzene rings is 2. The molecule has 0 atom stereocenters. The highest BCUT2D eigenvalue weighted by atomic mass is 16.5. The number of ether oxygens (including phenoxy) is 1. The Morgan fingerprint density at radius 1 is 1.22 bits per heavy atom. The third-order valence-corrected chi connectivity index (χ3v) is 2.72. The molecule has 2 rings (SSSR count). The lowest BCUT2D eigenvalue weighted by molar-refractivity contribution is 0.484. The van der Waals surface area contributed by atoms with Crippen molar-refractivity contribution < 1.29 is 4.74 Å². The number of para-hydroxylation sites is 1. The first-order chi connectivity index (χ1) is 8.74. The Morgan fingerprint density at radius 2 is 2.00 bits per heavy atom. The van der Waals surface area contributed by atoms with Crippen LogP contribution >= 0.6 is 0 Å². The molecular weight excluding hydrogens is 224 g/mol. The van der Waals surface area contributed by atoms with E-state index in [2.05, 4.69) is 6.92 Å². The number of nitrogen functional groups attached to an aromatic ring is 1. The van der Waals surface area contributed by atoms with Crippen LogP contribution < -0.4 is 10.5 Å². The molecule has 0 spiro atoms. The summed E-state index contributed by atoms with van der Waals surface area (Å²) in [5, 5.41) is 8.91. The molecule has 0 heterocycles. The van der Waals surface area contributed by atoms with Crippen LogP contribution in [0.1, 0.15) is 18.1 Å². The Bertz CT molecular complexity index is 600. The second kappa shape index (κ2) is 5.24. The van der Waals surface area contributed by atoms with E-state index in [9.17, 15) is 0 Å². The molecule has 2 aromatic rings. The minimum Gasteiger partial charge on any atom is -0.455 e. The molecule has 0 bridgehead atoms. The number of nitrogens with two attached hydrogens (primary N) is 1. The van der Waals surface area contributed by atoms with Gasteiger partial charge in [0.15, 0.2) is 5.75 Å². The molecule has 2 aromatic carbocycles. The van der Waals surface area contributed by atoms with E-state index in [4.69, 9.17) is 15.7 Å². The Labute approximate surface area is 106 Å². The molecule has 0 fully saturated rings. The quantitative estimate of drug-likeness (QED) is 0.832. The zero-order chi connectivity index (χ0) is 13.0. The fourth-order valence-electron chi connectivity index (χ4n) is 1.69. The average Bonchev–Trinajstić information content (AvgIpc) is 2.41. The molecule has 90 valence electrons. The summed E-state index contributed by atoms with van der Waals surface area (Å²) in [6, 6.07) is 15.1. The van der Waals surface area contributed by atoms with E-state index in [-0.39, 0.29) is 0 Å². The van der Waals surface area contributed by atoms with Gasteiger partial charge in [-0.05, 0) is 36.2 Å². The van der Waals surface area contributed by atoms with Gasteiger partial charge in [-0.2, -0.15) is 5.26 Å². The monoisotopic (exact) mass is 238 g/mol. The smallest absolute Gasteiger partial charge is 0.151 e. The zero-order valence-corrected chi connectivity index (χ0v) is 10.2. The molecule has 3 heteroatoms. The van der Waals surface area contributed by atoms with Crippen molar-refractivity contribution in [1.29, 1.82) is 5.26 Å². The van der Waals surface area contributed by atoms with Crippen LogP contribution in [0, 0.1) is 11.3 Å². The molecule has 0 unspecified atom stereocenters. The molecule has 0 radical (unpaired) electrons. The third kappa shape index (κ3) is 2.44. The van der Waals surface area contributed by atoms with Crippen molar-refractivity contribution in [1.82, 2.24) is 0 Å². The summed E-state index contributed by atoms with van der Waals surface area (Å²) >= 11 is 0. The van der Waals surface area contributed by atoms with Crippen molar-refractivity contribution in [3.63, 3.8) is 0 Å². The fraction of sp³-hybridized carbons (Fsp3) is 0.133. The number of hydrogen-bond donors (Lipinski definition) is 1. The predicted molar refractivity (Wildman–Crippen MR) is 71.5 cm³/mol. The van der Waals surface area contributed by atoms with E-state index in [1.165, 1.54) is 5.56 Å². The zero-order valence-electron chi connectivity index (χ0n) is 10.2. The van der Waals surface area contributed by atoms with Crippen molar-refractivity contribution in [3.05, 3.63) is 53.6 Å². The average molecular weight is 238 g/mol. The highest BCUT2D eigenvalue weighted by Crippen LogP contribution is 2.29. The largest absolute Gasteiger partial charge is 0.455 e. The third-order valence-electron chi connectivity index (χ3n) is 2.72. The first-order valence-corrected chi connectivity index (χ1v) is 5.80. The second-order valence-corrected chi connectivity index (χ2v) is 3.93. The maximum atomic E-state index is 8.91. The first kappa shape index (κ1) is 12.0. The lowest BCUT2D eigenvalue weighted by atomic mass is 10.1. The van der Waals surface area contributed by atoms with Gasteiger partial charge in [0.2, 0.25) is 0 Å². The predicted octanol–water partition coefficient (Wildman–Crippen LogP) is 3.50. The van der Waals surface area contributed by atoms with E-state index in [0.29, 0.717) is 17.0 Å². The molecule has 0 saturated heterocycles. The molecule has 3 nitrogen and oxygen atoms in total. The van der Waals surface area contributed by atoms with E-state index >= 15 is 0 Å². The standard InChI is InChI=1S/C15H14N2O/c1-2-11-5-3-7-13(9-11)18-14-8-4-6-12(10-16)15(14)17/h3-9H,2,17H2,1H3. The van der Waals surface area contributed by atoms with Crippen molar-refractivity contribution in [2.24, 2.45) is 0 Å². The lowest BCUT2D eigenvalue weighted by Gasteiger charge is -2.10. The normalized spacial score (nSPS) is 9.78. The van der Waals surface area contributed by atoms with Gasteiger partial charge in [-0.15, -0.1) is 0 Å². The molecule has 0 saturated carbocycles. The van der Waals surface area contributed by atoms with Crippen LogP contribution in [0.15, 0.2) is 42.5 Å². The molecule has 0 amide bonds. The van der Waals surface area contributed by atoms with Gasteiger partial charge in [0.05, 0.1) is 11.3 Å². The van der Waals surface area contributed by atoms with Crippen molar-refractivity contribution >= 4 is 5.69 Å². The van der Waals surface area contributed by atoms with Gasteiger partial charge in [-0.25, -0.2) is 0 Å². The van der Waals surface area contributed by atoms with Gasteiger partial charge in [0.1, 0.15) is 11.8 Å². The van der Waals surface area contributed by atoms with Crippen LogP contribution in [-0.4, -0.2) is 0 Å². The number of aryl methyl sites for hydroxylation is 1. The number of rotatable bonds is 3. The Hall–Kier alpha value is -2.47. The topological polar surface area (TPSA) is 59.0 Å². The highest BCUT2D eigenvalue weighted by Gasteiger charge is 2.06. The number of anilines is 1. The maximum absolute atomic E-state index is 8.91. The molecule has 0 aromatic heterocycles. The van der Waals surface area contributed by atoms with Crippen LogP contribution in [0.25, 0.3) is 0 Å². The highest BCUT2D eigenvalue weighted by molar-refractivity contribution is 5.63. The van der Waals surface area contributed by atoms with Crippen molar-refractivity contribution in [3.8, 4) is 17.6 Å². The van der Waals surface area contributed by atoms with Gasteiger partial charge in [0.25, 0.3) is 0 Å². The van der Waals surface area contributed by atoms with Crippen LogP contribution in [0.4, 0.5) is 5.69 Å². The summed E-state index contributed by atoms with van der Waals surface area (Å²) in [4.78, 5) is 0. The fourth-order valence-corrected chi connectivity index (χ4v) is 1.69. The SMILES string of the molecule is CCc1cccc(Oc2cccc(C#N)c2N)c1. The van der Waals surface area contributed by atoms with Crippen LogP contribution in [0.2, 0.25) is 0 Å². The van der Waals surface area contributed by atoms with Crippen LogP contribution in [0.5, 0.6) is 11.5 Å². The van der Waals surface area contributed by atoms with E-state index in [1.807, 2.05) is 30.3 Å². The molecule has 0 aliphatic carbocycles. The number of nitrogens with zero attached hydrogens (tertiary/aromatic N) is 1. The minimum absolute atomic E-state index is 0.377. The Balaban J connectivity index is 2.31. The first-order valence-electron chi connectivity index (χ1n) is 5.80. The van der Waals surface area contributed by atoms with Gasteiger partial charge >= 0.3 is 0 Å². The van der Waals surface area contributed by atoms with Gasteiger partial charge < -0.3 is 10.5 Å². The van der Waals surface area contributed by atoms with E-state index in [0.717, 1.165) is 12.2 Å². The summed E-state index contributed by atoms with van der Waals surface area (Å²) < 4.78 is 5.72. The summed E-state index contributed by atoms with van der Waals surface area (Å²) in [6.45, 7) is 2.09. The van der Waals surface area contributed by atoms with Gasteiger partial charge in [0, 0.05) is 0 Å². The molecule has 18 heavy (non-hydrogen) atoms. The van der Waals surface area contributed by atoms with Crippen LogP contribution in [0.3, 0.4) is 0 Å². The number of hydrogen-bond acceptors (Lipinski definition) is 3. The molecule has 0 aliphatic rings. The Kier molecular flexibility index (Phi) is 3.49. The minimum atomic E-state index is 0.377. The molecule has 0 aliphatic heterocycles. The summed E-state index contributed by atoms with van der Waals surface area (Å²) in [5.41, 5.74) is 7.87. The van der Waals surface area contributed by atoms with Gasteiger partial charge in [-0.1, -0.05) is 25.1 Å². The number of nitriles is 1. The summed E-state index contributed by atoms with van der Waals surface area (Å²) in [7, 11) is 0. The molecular formula is C15H14N2O. The second-order valence-electron chi connectivity index (χ2n) is 3.93. The van der Waals surface area contributed by atoms with Crippen molar-refractivity contribution in [2.75, 3.05) is 5.73 Å². The van der Waals surface area contributed by atoms with Crippen LogP contribution in [-0.2, 0) is 6.42 Å². The maximum Gasteiger partial charge on any atom is 0.151 e. The van der Waals surface area contributed by atoms with Gasteiger partial charge in [-0.3, -0.25) is 0 Å². The van der Waals surface area contributed by atoms with E-state index in [1.54, 1.807) is 18.2 Å². The van der Waals surface area contributed by atoms with Crippen molar-refractivity contribution in [2.45, 2.75) is 13.3 Å². The lowest BCUT2D eigenvalue weighted by Crippen LogP contribution is -1.95.